The molecule has 0 atom stereocenters. The van der Waals surface area contributed by atoms with Crippen molar-refractivity contribution in [2.75, 3.05) is 0 Å². The van der Waals surface area contributed by atoms with Crippen molar-refractivity contribution < 1.29 is 0 Å². The molecule has 1 aromatic carbocycles. The number of benzene rings is 1. The van der Waals surface area contributed by atoms with Gasteiger partial charge in [-0.25, -0.2) is 4.98 Å². The van der Waals surface area contributed by atoms with E-state index >= 15 is 0 Å². The maximum Gasteiger partial charge on any atom is 0.113 e. The zero-order valence-electron chi connectivity index (χ0n) is 10.6. The normalized spacial score (nSPS) is 17.4. The average Bonchev–Trinajstić information content (AvgIpc) is 2.81. The van der Waals surface area contributed by atoms with Crippen molar-refractivity contribution in [3.05, 3.63) is 40.2 Å². The molecule has 1 fully saturated rings. The Hall–Kier alpha value is -1.19. The van der Waals surface area contributed by atoms with Gasteiger partial charge < -0.3 is 5.73 Å². The lowest BCUT2D eigenvalue weighted by Gasteiger charge is -2.35. The van der Waals surface area contributed by atoms with Gasteiger partial charge in [-0.15, -0.1) is 11.3 Å². The van der Waals surface area contributed by atoms with E-state index in [1.807, 2.05) is 6.07 Å². The Bertz CT molecular complexity index is 541. The van der Waals surface area contributed by atoms with Crippen LogP contribution in [0.15, 0.2) is 30.3 Å². The molecule has 0 saturated heterocycles. The molecule has 1 aliphatic rings. The van der Waals surface area contributed by atoms with E-state index in [1.165, 1.54) is 16.9 Å². The predicted octanol–water partition coefficient (Wildman–Crippen LogP) is 3.71. The van der Waals surface area contributed by atoms with E-state index in [0.717, 1.165) is 30.0 Å². The summed E-state index contributed by atoms with van der Waals surface area (Å²) in [6, 6.07) is 10.4. The Balaban J connectivity index is 2.04. The van der Waals surface area contributed by atoms with Crippen molar-refractivity contribution in [1.29, 1.82) is 0 Å². The van der Waals surface area contributed by atoms with E-state index in [2.05, 4.69) is 31.2 Å². The zero-order valence-corrected chi connectivity index (χ0v) is 11.5. The van der Waals surface area contributed by atoms with Crippen molar-refractivity contribution in [1.82, 2.24) is 4.98 Å². The van der Waals surface area contributed by atoms with Crippen molar-refractivity contribution in [3.63, 3.8) is 0 Å². The average molecular weight is 258 g/mol. The summed E-state index contributed by atoms with van der Waals surface area (Å²) in [6.07, 6.45) is 4.42. The molecule has 1 saturated carbocycles. The summed E-state index contributed by atoms with van der Waals surface area (Å²) in [6.45, 7) is 2.19. The predicted molar refractivity (Wildman–Crippen MR) is 76.6 cm³/mol. The van der Waals surface area contributed by atoms with Crippen molar-refractivity contribution >= 4 is 11.3 Å². The topological polar surface area (TPSA) is 38.9 Å². The van der Waals surface area contributed by atoms with Crippen molar-refractivity contribution in [3.8, 4) is 11.3 Å². The smallest absolute Gasteiger partial charge is 0.113 e. The minimum Gasteiger partial charge on any atom is -0.319 e. The third-order valence-corrected chi connectivity index (χ3v) is 5.16. The molecule has 0 unspecified atom stereocenters. The van der Waals surface area contributed by atoms with Crippen LogP contribution >= 0.6 is 11.3 Å². The van der Waals surface area contributed by atoms with Gasteiger partial charge in [-0.05, 0) is 25.7 Å². The van der Waals surface area contributed by atoms with E-state index < -0.39 is 0 Å². The van der Waals surface area contributed by atoms with Gasteiger partial charge in [0.05, 0.1) is 11.2 Å². The van der Waals surface area contributed by atoms with Gasteiger partial charge in [0.2, 0.25) is 0 Å². The van der Waals surface area contributed by atoms with Crippen LogP contribution in [0.2, 0.25) is 0 Å². The molecule has 94 valence electrons. The highest BCUT2D eigenvalue weighted by Gasteiger charge is 2.37. The third-order valence-electron chi connectivity index (χ3n) is 3.74. The molecule has 1 aromatic heterocycles. The molecule has 3 heteroatoms. The molecule has 1 heterocycles. The Morgan fingerprint density at radius 3 is 2.56 bits per heavy atom. The summed E-state index contributed by atoms with van der Waals surface area (Å²) < 4.78 is 0. The molecule has 0 aliphatic heterocycles. The molecule has 0 bridgehead atoms. The Morgan fingerprint density at radius 2 is 2.00 bits per heavy atom. The summed E-state index contributed by atoms with van der Waals surface area (Å²) in [5.41, 5.74) is 8.59. The van der Waals surface area contributed by atoms with E-state index in [0.29, 0.717) is 0 Å². The molecule has 0 spiro atoms. The largest absolute Gasteiger partial charge is 0.319 e. The molecule has 2 N–H and O–H groups in total. The van der Waals surface area contributed by atoms with Crippen molar-refractivity contribution in [2.45, 2.75) is 38.1 Å². The highest BCUT2D eigenvalue weighted by molar-refractivity contribution is 7.12. The standard InChI is InChI=1S/C15H18N2S/c1-2-12-13(11-7-4-3-5-8-11)17-14(18-12)15(16)9-6-10-15/h3-5,7-8H,2,6,9-10,16H2,1H3. The van der Waals surface area contributed by atoms with Crippen LogP contribution < -0.4 is 5.73 Å². The number of aryl methyl sites for hydroxylation is 1. The van der Waals surface area contributed by atoms with Crippen LogP contribution in [0.3, 0.4) is 0 Å². The molecular formula is C15H18N2S. The quantitative estimate of drug-likeness (QED) is 0.911. The number of hydrogen-bond acceptors (Lipinski definition) is 3. The summed E-state index contributed by atoms with van der Waals surface area (Å²) in [7, 11) is 0. The number of nitrogens with zero attached hydrogens (tertiary/aromatic N) is 1. The van der Waals surface area contributed by atoms with Gasteiger partial charge in [-0.1, -0.05) is 37.3 Å². The second-order valence-corrected chi connectivity index (χ2v) is 6.10. The van der Waals surface area contributed by atoms with Gasteiger partial charge in [0, 0.05) is 10.4 Å². The van der Waals surface area contributed by atoms with Crippen LogP contribution in [-0.2, 0) is 12.0 Å². The number of hydrogen-bond donors (Lipinski definition) is 1. The van der Waals surface area contributed by atoms with Gasteiger partial charge in [0.1, 0.15) is 5.01 Å². The first-order valence-electron chi connectivity index (χ1n) is 6.57. The fourth-order valence-electron chi connectivity index (χ4n) is 2.40. The van der Waals surface area contributed by atoms with Gasteiger partial charge in [-0.3, -0.25) is 0 Å². The first-order chi connectivity index (χ1) is 8.73. The van der Waals surface area contributed by atoms with Crippen molar-refractivity contribution in [2.24, 2.45) is 5.73 Å². The van der Waals surface area contributed by atoms with Gasteiger partial charge in [0.25, 0.3) is 0 Å². The Labute approximate surface area is 112 Å². The van der Waals surface area contributed by atoms with Crippen LogP contribution in [0.5, 0.6) is 0 Å². The first-order valence-corrected chi connectivity index (χ1v) is 7.39. The number of rotatable bonds is 3. The highest BCUT2D eigenvalue weighted by atomic mass is 32.1. The third kappa shape index (κ3) is 1.88. The SMILES string of the molecule is CCc1sc(C2(N)CCC2)nc1-c1ccccc1. The number of aromatic nitrogens is 1. The first kappa shape index (κ1) is 11.9. The molecule has 1 aliphatic carbocycles. The van der Waals surface area contributed by atoms with Gasteiger partial charge >= 0.3 is 0 Å². The minimum atomic E-state index is -0.137. The lowest BCUT2D eigenvalue weighted by Crippen LogP contribution is -2.43. The number of nitrogens with two attached hydrogens (primary N) is 1. The number of thiazole rings is 1. The van der Waals surface area contributed by atoms with Crippen LogP contribution in [0.25, 0.3) is 11.3 Å². The molecular weight excluding hydrogens is 240 g/mol. The second kappa shape index (κ2) is 4.48. The van der Waals surface area contributed by atoms with Crippen LogP contribution in [0, 0.1) is 0 Å². The molecule has 2 nitrogen and oxygen atoms in total. The van der Waals surface area contributed by atoms with E-state index in [9.17, 15) is 0 Å². The monoisotopic (exact) mass is 258 g/mol. The lowest BCUT2D eigenvalue weighted by atomic mass is 9.78. The Morgan fingerprint density at radius 1 is 1.28 bits per heavy atom. The fourth-order valence-corrected chi connectivity index (χ4v) is 3.58. The second-order valence-electron chi connectivity index (χ2n) is 5.02. The van der Waals surface area contributed by atoms with E-state index in [4.69, 9.17) is 10.7 Å². The molecule has 3 rings (SSSR count). The van der Waals surface area contributed by atoms with Gasteiger partial charge in [0.15, 0.2) is 0 Å². The zero-order chi connectivity index (χ0) is 12.6. The maximum atomic E-state index is 6.39. The molecule has 0 radical (unpaired) electrons. The van der Waals surface area contributed by atoms with Crippen LogP contribution in [0.1, 0.15) is 36.1 Å². The maximum absolute atomic E-state index is 6.39. The summed E-state index contributed by atoms with van der Waals surface area (Å²) >= 11 is 1.80. The summed E-state index contributed by atoms with van der Waals surface area (Å²) in [5.74, 6) is 0. The minimum absolute atomic E-state index is 0.137. The van der Waals surface area contributed by atoms with Crippen LogP contribution in [0.4, 0.5) is 0 Å². The van der Waals surface area contributed by atoms with Crippen LogP contribution in [-0.4, -0.2) is 4.98 Å². The van der Waals surface area contributed by atoms with Gasteiger partial charge in [-0.2, -0.15) is 0 Å². The van der Waals surface area contributed by atoms with E-state index in [-0.39, 0.29) is 5.54 Å². The lowest BCUT2D eigenvalue weighted by molar-refractivity contribution is 0.253. The Kier molecular flexibility index (Phi) is 2.96. The molecule has 18 heavy (non-hydrogen) atoms. The summed E-state index contributed by atoms with van der Waals surface area (Å²) in [5, 5.41) is 1.13. The fraction of sp³-hybridized carbons (Fsp3) is 0.400. The summed E-state index contributed by atoms with van der Waals surface area (Å²) in [4.78, 5) is 6.19. The molecule has 0 amide bonds. The highest BCUT2D eigenvalue weighted by Crippen LogP contribution is 2.42. The molecule has 2 aromatic rings. The van der Waals surface area contributed by atoms with E-state index in [1.54, 1.807) is 11.3 Å².